The van der Waals surface area contributed by atoms with Gasteiger partial charge < -0.3 is 9.64 Å². The Morgan fingerprint density at radius 2 is 1.85 bits per heavy atom. The first-order valence-corrected chi connectivity index (χ1v) is 9.29. The van der Waals surface area contributed by atoms with Gasteiger partial charge in [0, 0.05) is 18.8 Å². The fraction of sp³-hybridized carbons (Fsp3) is 0.250. The van der Waals surface area contributed by atoms with E-state index in [4.69, 9.17) is 17.0 Å². The predicted octanol–water partition coefficient (Wildman–Crippen LogP) is 4.34. The van der Waals surface area contributed by atoms with Crippen LogP contribution in [0.1, 0.15) is 19.4 Å². The predicted molar refractivity (Wildman–Crippen MR) is 112 cm³/mol. The molecule has 1 aromatic heterocycles. The van der Waals surface area contributed by atoms with Crippen LogP contribution in [0.25, 0.3) is 11.4 Å². The number of H-pyrrole nitrogens is 1. The molecular formula is C20H23N5OS. The molecule has 0 aliphatic rings. The second-order valence-corrected chi connectivity index (χ2v) is 6.26. The molecule has 0 aliphatic carbocycles. The average Bonchev–Trinajstić information content (AvgIpc) is 3.08. The van der Waals surface area contributed by atoms with Gasteiger partial charge in [-0.15, -0.1) is 0 Å². The van der Waals surface area contributed by atoms with Gasteiger partial charge in [-0.1, -0.05) is 24.3 Å². The maximum Gasteiger partial charge on any atom is 0.216 e. The van der Waals surface area contributed by atoms with Crippen molar-refractivity contribution in [2.24, 2.45) is 5.10 Å². The van der Waals surface area contributed by atoms with Crippen molar-refractivity contribution < 1.29 is 4.74 Å². The van der Waals surface area contributed by atoms with Crippen LogP contribution < -0.4 is 9.64 Å². The summed E-state index contributed by atoms with van der Waals surface area (Å²) in [5.74, 6) is 1.32. The zero-order chi connectivity index (χ0) is 19.2. The summed E-state index contributed by atoms with van der Waals surface area (Å²) in [7, 11) is 1.63. The van der Waals surface area contributed by atoms with Crippen LogP contribution in [0.2, 0.25) is 0 Å². The fourth-order valence-corrected chi connectivity index (χ4v) is 3.07. The minimum atomic E-state index is 0.423. The Bertz CT molecular complexity index is 971. The zero-order valence-electron chi connectivity index (χ0n) is 15.7. The number of aromatic amines is 1. The van der Waals surface area contributed by atoms with Gasteiger partial charge in [0.2, 0.25) is 4.77 Å². The number of anilines is 1. The summed E-state index contributed by atoms with van der Waals surface area (Å²) in [4.78, 5) is 2.30. The van der Waals surface area contributed by atoms with E-state index in [0.29, 0.717) is 16.3 Å². The van der Waals surface area contributed by atoms with Crippen LogP contribution in [0.3, 0.4) is 0 Å². The lowest BCUT2D eigenvalue weighted by Gasteiger charge is -2.20. The summed E-state index contributed by atoms with van der Waals surface area (Å²) in [6.45, 7) is 6.27. The van der Waals surface area contributed by atoms with Crippen molar-refractivity contribution in [1.82, 2.24) is 14.9 Å². The maximum atomic E-state index is 5.43. The summed E-state index contributed by atoms with van der Waals surface area (Å²) in [5, 5.41) is 11.6. The number of hydrogen-bond acceptors (Lipinski definition) is 5. The van der Waals surface area contributed by atoms with Crippen molar-refractivity contribution in [3.63, 3.8) is 0 Å². The summed E-state index contributed by atoms with van der Waals surface area (Å²) < 4.78 is 7.45. The van der Waals surface area contributed by atoms with Crippen LogP contribution in [0.5, 0.6) is 5.75 Å². The van der Waals surface area contributed by atoms with E-state index in [2.05, 4.69) is 46.2 Å². The van der Waals surface area contributed by atoms with E-state index in [1.165, 1.54) is 5.69 Å². The molecule has 1 N–H and O–H groups in total. The summed E-state index contributed by atoms with van der Waals surface area (Å²) in [5.41, 5.74) is 3.01. The molecular weight excluding hydrogens is 358 g/mol. The zero-order valence-corrected chi connectivity index (χ0v) is 16.5. The van der Waals surface area contributed by atoms with Gasteiger partial charge in [0.15, 0.2) is 5.82 Å². The second-order valence-electron chi connectivity index (χ2n) is 5.87. The van der Waals surface area contributed by atoms with E-state index in [1.54, 1.807) is 18.0 Å². The Morgan fingerprint density at radius 1 is 1.15 bits per heavy atom. The Labute approximate surface area is 164 Å². The van der Waals surface area contributed by atoms with Crippen molar-refractivity contribution in [1.29, 1.82) is 0 Å². The Kier molecular flexibility index (Phi) is 6.03. The third-order valence-corrected chi connectivity index (χ3v) is 4.61. The lowest BCUT2D eigenvalue weighted by atomic mass is 10.2. The van der Waals surface area contributed by atoms with E-state index in [0.717, 1.165) is 24.2 Å². The van der Waals surface area contributed by atoms with Crippen LogP contribution in [0, 0.1) is 4.77 Å². The van der Waals surface area contributed by atoms with E-state index in [1.807, 2.05) is 36.4 Å². The third kappa shape index (κ3) is 4.09. The second kappa shape index (κ2) is 8.64. The van der Waals surface area contributed by atoms with E-state index in [9.17, 15) is 0 Å². The van der Waals surface area contributed by atoms with Crippen LogP contribution >= 0.6 is 12.2 Å². The van der Waals surface area contributed by atoms with E-state index < -0.39 is 0 Å². The SMILES string of the molecule is CCN(CC)c1ccc(C=Nn2c(-c3ccccc3OC)n[nH]c2=S)cc1. The van der Waals surface area contributed by atoms with Crippen LogP contribution in [-0.2, 0) is 0 Å². The molecule has 3 rings (SSSR count). The van der Waals surface area contributed by atoms with Crippen molar-refractivity contribution in [3.05, 3.63) is 58.9 Å². The van der Waals surface area contributed by atoms with Crippen molar-refractivity contribution in [3.8, 4) is 17.1 Å². The quantitative estimate of drug-likeness (QED) is 0.488. The first kappa shape index (κ1) is 18.8. The van der Waals surface area contributed by atoms with Gasteiger partial charge >= 0.3 is 0 Å². The molecule has 0 saturated carbocycles. The molecule has 7 heteroatoms. The number of aromatic nitrogens is 3. The molecule has 0 aliphatic heterocycles. The van der Waals surface area contributed by atoms with Crippen molar-refractivity contribution in [2.45, 2.75) is 13.8 Å². The molecule has 3 aromatic rings. The molecule has 0 unspecified atom stereocenters. The normalized spacial score (nSPS) is 11.1. The number of para-hydroxylation sites is 1. The number of hydrogen-bond donors (Lipinski definition) is 1. The Morgan fingerprint density at radius 3 is 2.52 bits per heavy atom. The van der Waals surface area contributed by atoms with Gasteiger partial charge in [-0.3, -0.25) is 0 Å². The number of benzene rings is 2. The van der Waals surface area contributed by atoms with Gasteiger partial charge in [-0.2, -0.15) is 14.9 Å². The lowest BCUT2D eigenvalue weighted by Crippen LogP contribution is -2.21. The molecule has 0 atom stereocenters. The number of nitrogens with one attached hydrogen (secondary N) is 1. The summed E-state index contributed by atoms with van der Waals surface area (Å²) >= 11 is 5.34. The first-order chi connectivity index (χ1) is 13.2. The van der Waals surface area contributed by atoms with Gasteiger partial charge in [0.25, 0.3) is 0 Å². The Hall–Kier alpha value is -2.93. The topological polar surface area (TPSA) is 58.4 Å². The molecule has 0 spiro atoms. The van der Waals surface area contributed by atoms with Gasteiger partial charge in [0.05, 0.1) is 18.9 Å². The molecule has 1 heterocycles. The molecule has 2 aromatic carbocycles. The monoisotopic (exact) mass is 381 g/mol. The van der Waals surface area contributed by atoms with E-state index in [-0.39, 0.29) is 0 Å². The summed E-state index contributed by atoms with van der Waals surface area (Å²) in [6, 6.07) is 15.9. The highest BCUT2D eigenvalue weighted by molar-refractivity contribution is 7.71. The standard InChI is InChI=1S/C20H23N5OS/c1-4-24(5-2)16-12-10-15(11-13-16)14-21-25-19(22-23-20(25)27)17-8-6-7-9-18(17)26-3/h6-14H,4-5H2,1-3H3,(H,23,27). The average molecular weight is 382 g/mol. The molecule has 6 nitrogen and oxygen atoms in total. The molecule has 0 amide bonds. The lowest BCUT2D eigenvalue weighted by molar-refractivity contribution is 0.416. The fourth-order valence-electron chi connectivity index (χ4n) is 2.89. The van der Waals surface area contributed by atoms with Crippen molar-refractivity contribution >= 4 is 24.1 Å². The van der Waals surface area contributed by atoms with Gasteiger partial charge in [-0.25, -0.2) is 5.10 Å². The van der Waals surface area contributed by atoms with Gasteiger partial charge in [-0.05, 0) is 55.9 Å². The molecule has 0 bridgehead atoms. The smallest absolute Gasteiger partial charge is 0.216 e. The molecule has 0 saturated heterocycles. The van der Waals surface area contributed by atoms with Crippen LogP contribution in [-0.4, -0.2) is 41.3 Å². The highest BCUT2D eigenvalue weighted by atomic mass is 32.1. The minimum absolute atomic E-state index is 0.423. The molecule has 0 radical (unpaired) electrons. The third-order valence-electron chi connectivity index (χ3n) is 4.34. The van der Waals surface area contributed by atoms with Gasteiger partial charge in [0.1, 0.15) is 5.75 Å². The van der Waals surface area contributed by atoms with Crippen LogP contribution in [0.15, 0.2) is 53.6 Å². The molecule has 0 fully saturated rings. The maximum absolute atomic E-state index is 5.43. The van der Waals surface area contributed by atoms with Crippen molar-refractivity contribution in [2.75, 3.05) is 25.1 Å². The largest absolute Gasteiger partial charge is 0.496 e. The highest BCUT2D eigenvalue weighted by Gasteiger charge is 2.12. The number of nitrogens with zero attached hydrogens (tertiary/aromatic N) is 4. The minimum Gasteiger partial charge on any atom is -0.496 e. The van der Waals surface area contributed by atoms with Crippen LogP contribution in [0.4, 0.5) is 5.69 Å². The number of methoxy groups -OCH3 is 1. The molecule has 140 valence electrons. The number of ether oxygens (including phenoxy) is 1. The van der Waals surface area contributed by atoms with E-state index >= 15 is 0 Å². The highest BCUT2D eigenvalue weighted by Crippen LogP contribution is 2.28. The Balaban J connectivity index is 1.90. The molecule has 27 heavy (non-hydrogen) atoms. The summed E-state index contributed by atoms with van der Waals surface area (Å²) in [6.07, 6.45) is 1.77. The number of rotatable bonds is 7. The first-order valence-electron chi connectivity index (χ1n) is 8.88.